The molecule has 1 amide bonds. The second-order valence-electron chi connectivity index (χ2n) is 6.59. The Morgan fingerprint density at radius 1 is 1.07 bits per heavy atom. The van der Waals surface area contributed by atoms with E-state index in [1.165, 1.54) is 18.2 Å². The summed E-state index contributed by atoms with van der Waals surface area (Å²) in [5.74, 6) is -1.47. The molecule has 0 radical (unpaired) electrons. The number of hydrogen-bond acceptors (Lipinski definition) is 5. The number of pyridine rings is 1. The number of benzene rings is 1. The first-order valence-electron chi connectivity index (χ1n) is 8.80. The van der Waals surface area contributed by atoms with Crippen LogP contribution >= 0.6 is 0 Å². The molecule has 1 aliphatic rings. The van der Waals surface area contributed by atoms with Crippen molar-refractivity contribution in [2.45, 2.75) is 18.4 Å². The monoisotopic (exact) mass is 385 g/mol. The number of nitrogens with one attached hydrogen (secondary N) is 1. The molecular formula is C20H17F2N3O3. The number of rotatable bonds is 4. The molecule has 4 rings (SSSR count). The third kappa shape index (κ3) is 3.50. The van der Waals surface area contributed by atoms with Gasteiger partial charge in [-0.15, -0.1) is 0 Å². The fraction of sp³-hybridized carbons (Fsp3) is 0.250. The molecule has 144 valence electrons. The minimum absolute atomic E-state index is 0.0696. The lowest BCUT2D eigenvalue weighted by Gasteiger charge is -2.38. The lowest BCUT2D eigenvalue weighted by atomic mass is 9.82. The SMILES string of the molecule is O=C(NC1(c2ccc(F)cc2F)CCOCC1)c1cc(-c2ccncc2)on1. The topological polar surface area (TPSA) is 77.2 Å². The predicted molar refractivity (Wildman–Crippen MR) is 95.3 cm³/mol. The highest BCUT2D eigenvalue weighted by Crippen LogP contribution is 2.34. The van der Waals surface area contributed by atoms with E-state index in [1.54, 1.807) is 24.5 Å². The zero-order valence-corrected chi connectivity index (χ0v) is 14.8. The first kappa shape index (κ1) is 18.2. The number of aromatic nitrogens is 2. The van der Waals surface area contributed by atoms with Gasteiger partial charge in [-0.25, -0.2) is 8.78 Å². The molecule has 0 atom stereocenters. The van der Waals surface area contributed by atoms with Gasteiger partial charge in [-0.1, -0.05) is 11.2 Å². The van der Waals surface area contributed by atoms with Gasteiger partial charge in [0.25, 0.3) is 5.91 Å². The second kappa shape index (κ2) is 7.47. The molecule has 0 saturated carbocycles. The van der Waals surface area contributed by atoms with Crippen molar-refractivity contribution in [1.29, 1.82) is 0 Å². The molecule has 1 fully saturated rings. The Balaban J connectivity index is 1.62. The molecule has 8 heteroatoms. The standard InChI is InChI=1S/C20H17F2N3O3/c21-14-1-2-15(16(22)11-14)20(5-9-27-10-6-20)24-19(26)17-12-18(28-25-17)13-3-7-23-8-4-13/h1-4,7-8,11-12H,5-6,9-10H2,(H,24,26). The van der Waals surface area contributed by atoms with Gasteiger partial charge in [0.05, 0.1) is 5.54 Å². The molecule has 0 aliphatic carbocycles. The molecule has 0 unspecified atom stereocenters. The number of nitrogens with zero attached hydrogens (tertiary/aromatic N) is 2. The van der Waals surface area contributed by atoms with Crippen molar-refractivity contribution < 1.29 is 22.8 Å². The molecule has 1 aliphatic heterocycles. The van der Waals surface area contributed by atoms with Crippen molar-refractivity contribution in [3.63, 3.8) is 0 Å². The number of carbonyl (C=O) groups is 1. The van der Waals surface area contributed by atoms with Crippen LogP contribution in [0.5, 0.6) is 0 Å². The molecule has 1 aromatic carbocycles. The largest absolute Gasteiger partial charge is 0.381 e. The average molecular weight is 385 g/mol. The van der Waals surface area contributed by atoms with Gasteiger partial charge in [0.1, 0.15) is 11.6 Å². The molecule has 0 bridgehead atoms. The van der Waals surface area contributed by atoms with E-state index in [0.717, 1.165) is 11.6 Å². The number of amides is 1. The average Bonchev–Trinajstić information content (AvgIpc) is 3.20. The van der Waals surface area contributed by atoms with Crippen LogP contribution in [0, 0.1) is 11.6 Å². The zero-order valence-electron chi connectivity index (χ0n) is 14.8. The maximum atomic E-state index is 14.5. The summed E-state index contributed by atoms with van der Waals surface area (Å²) in [4.78, 5) is 16.8. The molecule has 0 spiro atoms. The number of carbonyl (C=O) groups excluding carboxylic acids is 1. The molecule has 1 N–H and O–H groups in total. The molecule has 28 heavy (non-hydrogen) atoms. The summed E-state index contributed by atoms with van der Waals surface area (Å²) in [6.07, 6.45) is 3.92. The maximum Gasteiger partial charge on any atom is 0.274 e. The predicted octanol–water partition coefficient (Wildman–Crippen LogP) is 3.45. The summed E-state index contributed by atoms with van der Waals surface area (Å²) < 4.78 is 38.5. The lowest BCUT2D eigenvalue weighted by molar-refractivity contribution is 0.0331. The maximum absolute atomic E-state index is 14.5. The summed E-state index contributed by atoms with van der Waals surface area (Å²) in [5, 5.41) is 6.70. The van der Waals surface area contributed by atoms with Crippen LogP contribution in [-0.2, 0) is 10.3 Å². The van der Waals surface area contributed by atoms with Crippen molar-refractivity contribution in [3.05, 3.63) is 71.7 Å². The highest BCUT2D eigenvalue weighted by Gasteiger charge is 2.39. The summed E-state index contributed by atoms with van der Waals surface area (Å²) in [6, 6.07) is 8.34. The van der Waals surface area contributed by atoms with Crippen molar-refractivity contribution in [2.24, 2.45) is 0 Å². The van der Waals surface area contributed by atoms with Crippen LogP contribution in [0.3, 0.4) is 0 Å². The fourth-order valence-electron chi connectivity index (χ4n) is 3.37. The fourth-order valence-corrected chi connectivity index (χ4v) is 3.37. The Morgan fingerprint density at radius 3 is 2.54 bits per heavy atom. The summed E-state index contributed by atoms with van der Waals surface area (Å²) >= 11 is 0. The number of hydrogen-bond donors (Lipinski definition) is 1. The minimum Gasteiger partial charge on any atom is -0.381 e. The van der Waals surface area contributed by atoms with E-state index in [9.17, 15) is 13.6 Å². The summed E-state index contributed by atoms with van der Waals surface area (Å²) in [7, 11) is 0. The van der Waals surface area contributed by atoms with Gasteiger partial charge in [-0.3, -0.25) is 9.78 Å². The Labute approximate surface area is 159 Å². The Morgan fingerprint density at radius 2 is 1.82 bits per heavy atom. The first-order valence-corrected chi connectivity index (χ1v) is 8.80. The van der Waals surface area contributed by atoms with Crippen molar-refractivity contribution in [1.82, 2.24) is 15.5 Å². The van der Waals surface area contributed by atoms with Crippen LogP contribution in [0.4, 0.5) is 8.78 Å². The molecule has 6 nitrogen and oxygen atoms in total. The zero-order chi connectivity index (χ0) is 19.6. The molecule has 3 aromatic rings. The van der Waals surface area contributed by atoms with E-state index in [2.05, 4.69) is 15.5 Å². The van der Waals surface area contributed by atoms with E-state index in [4.69, 9.17) is 9.26 Å². The quantitative estimate of drug-likeness (QED) is 0.744. The third-order valence-electron chi connectivity index (χ3n) is 4.85. The van der Waals surface area contributed by atoms with Crippen LogP contribution in [0.1, 0.15) is 28.9 Å². The van der Waals surface area contributed by atoms with Gasteiger partial charge in [0, 0.05) is 48.9 Å². The molecule has 2 aromatic heterocycles. The van der Waals surface area contributed by atoms with Crippen molar-refractivity contribution in [3.8, 4) is 11.3 Å². The Hall–Kier alpha value is -3.13. The summed E-state index contributed by atoms with van der Waals surface area (Å²) in [5.41, 5.74) is 0.0126. The van der Waals surface area contributed by atoms with Gasteiger partial charge in [-0.2, -0.15) is 0 Å². The van der Waals surface area contributed by atoms with E-state index >= 15 is 0 Å². The second-order valence-corrected chi connectivity index (χ2v) is 6.59. The third-order valence-corrected chi connectivity index (χ3v) is 4.85. The Bertz CT molecular complexity index is 985. The lowest BCUT2D eigenvalue weighted by Crippen LogP contribution is -2.50. The van der Waals surface area contributed by atoms with Gasteiger partial charge in [-0.05, 0) is 31.0 Å². The highest BCUT2D eigenvalue weighted by atomic mass is 19.1. The molecule has 1 saturated heterocycles. The van der Waals surface area contributed by atoms with Gasteiger partial charge < -0.3 is 14.6 Å². The van der Waals surface area contributed by atoms with Crippen LogP contribution in [-0.4, -0.2) is 29.3 Å². The van der Waals surface area contributed by atoms with Crippen molar-refractivity contribution >= 4 is 5.91 Å². The summed E-state index contributed by atoms with van der Waals surface area (Å²) in [6.45, 7) is 0.691. The first-order chi connectivity index (χ1) is 13.6. The highest BCUT2D eigenvalue weighted by molar-refractivity contribution is 5.93. The van der Waals surface area contributed by atoms with Gasteiger partial charge in [0.15, 0.2) is 11.5 Å². The molecule has 3 heterocycles. The van der Waals surface area contributed by atoms with Crippen LogP contribution in [0.2, 0.25) is 0 Å². The van der Waals surface area contributed by atoms with Gasteiger partial charge in [0.2, 0.25) is 0 Å². The van der Waals surface area contributed by atoms with E-state index in [-0.39, 0.29) is 11.3 Å². The normalized spacial score (nSPS) is 15.9. The minimum atomic E-state index is -1.01. The smallest absolute Gasteiger partial charge is 0.274 e. The number of ether oxygens (including phenoxy) is 1. The molecular weight excluding hydrogens is 368 g/mol. The van der Waals surface area contributed by atoms with Gasteiger partial charge >= 0.3 is 0 Å². The van der Waals surface area contributed by atoms with E-state index in [0.29, 0.717) is 31.8 Å². The Kier molecular flexibility index (Phi) is 4.87. The van der Waals surface area contributed by atoms with Crippen molar-refractivity contribution in [2.75, 3.05) is 13.2 Å². The number of halogens is 2. The van der Waals surface area contributed by atoms with Crippen LogP contribution < -0.4 is 5.32 Å². The van der Waals surface area contributed by atoms with E-state index in [1.807, 2.05) is 0 Å². The van der Waals surface area contributed by atoms with Crippen LogP contribution in [0.25, 0.3) is 11.3 Å². The van der Waals surface area contributed by atoms with E-state index < -0.39 is 23.1 Å². The van der Waals surface area contributed by atoms with Crippen LogP contribution in [0.15, 0.2) is 53.3 Å².